The highest BCUT2D eigenvalue weighted by Crippen LogP contribution is 2.30. The van der Waals surface area contributed by atoms with Gasteiger partial charge < -0.3 is 15.4 Å². The van der Waals surface area contributed by atoms with E-state index < -0.39 is 0 Å². The summed E-state index contributed by atoms with van der Waals surface area (Å²) in [5, 5.41) is 7.87. The van der Waals surface area contributed by atoms with E-state index >= 15 is 0 Å². The zero-order valence-electron chi connectivity index (χ0n) is 11.7. The van der Waals surface area contributed by atoms with Crippen molar-refractivity contribution in [2.45, 2.75) is 32.3 Å². The van der Waals surface area contributed by atoms with E-state index in [1.807, 2.05) is 12.1 Å². The highest BCUT2D eigenvalue weighted by molar-refractivity contribution is 5.95. The molecule has 6 heteroatoms. The van der Waals surface area contributed by atoms with Crippen LogP contribution < -0.4 is 10.6 Å². The first-order valence-corrected chi connectivity index (χ1v) is 7.17. The lowest BCUT2D eigenvalue weighted by Gasteiger charge is -2.34. The molecule has 3 rings (SSSR count). The minimum Gasteiger partial charge on any atom is -0.397 e. The average Bonchev–Trinajstić information content (AvgIpc) is 2.96. The summed E-state index contributed by atoms with van der Waals surface area (Å²) >= 11 is 0. The molecule has 1 unspecified atom stereocenters. The normalized spacial score (nSPS) is 19.6. The molecule has 1 saturated heterocycles. The van der Waals surface area contributed by atoms with Crippen molar-refractivity contribution in [2.75, 3.05) is 30.3 Å². The molecule has 1 aromatic carbocycles. The van der Waals surface area contributed by atoms with Gasteiger partial charge in [0, 0.05) is 19.7 Å². The van der Waals surface area contributed by atoms with E-state index in [-0.39, 0.29) is 6.10 Å². The molecule has 1 aliphatic heterocycles. The third-order valence-electron chi connectivity index (χ3n) is 3.70. The van der Waals surface area contributed by atoms with Gasteiger partial charge in [0.1, 0.15) is 0 Å². The number of ether oxygens (including phenoxy) is 1. The molecule has 1 aliphatic rings. The molecular formula is C14H20N4O2. The number of nitrogens with two attached hydrogens (primary N) is 1. The van der Waals surface area contributed by atoms with E-state index in [4.69, 9.17) is 15.1 Å². The summed E-state index contributed by atoms with van der Waals surface area (Å²) in [7, 11) is 0. The van der Waals surface area contributed by atoms with Crippen LogP contribution in [0, 0.1) is 0 Å². The summed E-state index contributed by atoms with van der Waals surface area (Å²) in [6.07, 6.45) is 3.57. The molecule has 0 bridgehead atoms. The van der Waals surface area contributed by atoms with Crippen molar-refractivity contribution in [3.05, 3.63) is 12.1 Å². The molecule has 2 N–H and O–H groups in total. The van der Waals surface area contributed by atoms with Gasteiger partial charge in [-0.1, -0.05) is 6.92 Å². The smallest absolute Gasteiger partial charge is 0.160 e. The highest BCUT2D eigenvalue weighted by Gasteiger charge is 2.23. The van der Waals surface area contributed by atoms with Gasteiger partial charge in [0.2, 0.25) is 0 Å². The fraction of sp³-hybridized carbons (Fsp3) is 0.571. The second-order valence-corrected chi connectivity index (χ2v) is 5.22. The zero-order chi connectivity index (χ0) is 13.9. The zero-order valence-corrected chi connectivity index (χ0v) is 11.7. The molecule has 0 radical (unpaired) electrons. The monoisotopic (exact) mass is 276 g/mol. The number of fused-ring (bicyclic) bond motifs is 1. The first-order chi connectivity index (χ1) is 9.79. The summed E-state index contributed by atoms with van der Waals surface area (Å²) in [5.41, 5.74) is 8.89. The molecular weight excluding hydrogens is 256 g/mol. The molecule has 6 nitrogen and oxygen atoms in total. The first kappa shape index (κ1) is 13.2. The molecule has 1 atom stereocenters. The van der Waals surface area contributed by atoms with Gasteiger partial charge in [0.15, 0.2) is 11.0 Å². The van der Waals surface area contributed by atoms with Gasteiger partial charge in [0.25, 0.3) is 0 Å². The quantitative estimate of drug-likeness (QED) is 0.863. The van der Waals surface area contributed by atoms with Crippen LogP contribution in [0.1, 0.15) is 26.2 Å². The Morgan fingerprint density at radius 1 is 1.40 bits per heavy atom. The summed E-state index contributed by atoms with van der Waals surface area (Å²) in [4.78, 5) is 2.29. The van der Waals surface area contributed by atoms with Crippen molar-refractivity contribution in [2.24, 2.45) is 0 Å². The van der Waals surface area contributed by atoms with Crippen molar-refractivity contribution in [3.8, 4) is 0 Å². The highest BCUT2D eigenvalue weighted by atomic mass is 16.6. The van der Waals surface area contributed by atoms with Gasteiger partial charge in [-0.25, -0.2) is 4.63 Å². The largest absolute Gasteiger partial charge is 0.397 e. The van der Waals surface area contributed by atoms with Crippen molar-refractivity contribution >= 4 is 22.4 Å². The van der Waals surface area contributed by atoms with Gasteiger partial charge in [-0.2, -0.15) is 0 Å². The van der Waals surface area contributed by atoms with Crippen molar-refractivity contribution < 1.29 is 9.37 Å². The molecule has 20 heavy (non-hydrogen) atoms. The predicted molar refractivity (Wildman–Crippen MR) is 77.7 cm³/mol. The Labute approximate surface area is 117 Å². The Morgan fingerprint density at radius 2 is 2.25 bits per heavy atom. The number of anilines is 2. The molecule has 0 saturated carbocycles. The summed E-state index contributed by atoms with van der Waals surface area (Å²) < 4.78 is 10.7. The van der Waals surface area contributed by atoms with Crippen molar-refractivity contribution in [1.82, 2.24) is 10.3 Å². The fourth-order valence-corrected chi connectivity index (χ4v) is 2.71. The topological polar surface area (TPSA) is 77.4 Å². The van der Waals surface area contributed by atoms with E-state index in [0.717, 1.165) is 50.2 Å². The molecule has 0 aliphatic carbocycles. The second kappa shape index (κ2) is 5.66. The first-order valence-electron chi connectivity index (χ1n) is 7.17. The van der Waals surface area contributed by atoms with Crippen LogP contribution in [0.5, 0.6) is 0 Å². The van der Waals surface area contributed by atoms with E-state index in [0.29, 0.717) is 11.2 Å². The number of nitrogens with zero attached hydrogens (tertiary/aromatic N) is 3. The maximum absolute atomic E-state index is 5.89. The van der Waals surface area contributed by atoms with Gasteiger partial charge in [-0.3, -0.25) is 0 Å². The number of hydrogen-bond donors (Lipinski definition) is 1. The molecule has 2 aromatic rings. The van der Waals surface area contributed by atoms with E-state index in [9.17, 15) is 0 Å². The number of aromatic nitrogens is 2. The molecule has 108 valence electrons. The van der Waals surface area contributed by atoms with Crippen molar-refractivity contribution in [3.63, 3.8) is 0 Å². The van der Waals surface area contributed by atoms with Crippen molar-refractivity contribution in [1.29, 1.82) is 0 Å². The number of rotatable bonds is 4. The minimum atomic E-state index is 0.288. The van der Waals surface area contributed by atoms with Crippen LogP contribution in [0.15, 0.2) is 16.8 Å². The van der Waals surface area contributed by atoms with Crippen LogP contribution in [0.2, 0.25) is 0 Å². The standard InChI is InChI=1S/C14H20N4O2/c1-2-8-19-10-4-3-7-18(9-10)12-6-5-11(15)13-14(12)17-20-16-13/h5-6,10H,2-4,7-9,15H2,1H3. The third-order valence-corrected chi connectivity index (χ3v) is 3.70. The fourth-order valence-electron chi connectivity index (χ4n) is 2.71. The molecule has 1 aromatic heterocycles. The van der Waals surface area contributed by atoms with Crippen LogP contribution in [-0.4, -0.2) is 36.1 Å². The lowest BCUT2D eigenvalue weighted by atomic mass is 10.1. The molecule has 0 amide bonds. The van der Waals surface area contributed by atoms with Gasteiger partial charge >= 0.3 is 0 Å². The van der Waals surface area contributed by atoms with E-state index in [2.05, 4.69) is 22.1 Å². The average molecular weight is 276 g/mol. The van der Waals surface area contributed by atoms with Crippen LogP contribution in [0.4, 0.5) is 11.4 Å². The maximum Gasteiger partial charge on any atom is 0.160 e. The maximum atomic E-state index is 5.89. The van der Waals surface area contributed by atoms with Crippen LogP contribution in [-0.2, 0) is 4.74 Å². The molecule has 1 fully saturated rings. The van der Waals surface area contributed by atoms with Gasteiger partial charge in [0.05, 0.1) is 17.5 Å². The number of nitrogen functional groups attached to an aromatic ring is 1. The summed E-state index contributed by atoms with van der Waals surface area (Å²) in [5.74, 6) is 0. The number of piperidine rings is 1. The summed E-state index contributed by atoms with van der Waals surface area (Å²) in [6.45, 7) is 4.83. The Kier molecular flexibility index (Phi) is 3.73. The molecule has 0 spiro atoms. The lowest BCUT2D eigenvalue weighted by molar-refractivity contribution is 0.0441. The van der Waals surface area contributed by atoms with E-state index in [1.165, 1.54) is 0 Å². The number of hydrogen-bond acceptors (Lipinski definition) is 6. The summed E-state index contributed by atoms with van der Waals surface area (Å²) in [6, 6.07) is 3.85. The Bertz CT molecular complexity index is 584. The van der Waals surface area contributed by atoms with Crippen LogP contribution >= 0.6 is 0 Å². The lowest BCUT2D eigenvalue weighted by Crippen LogP contribution is -2.40. The van der Waals surface area contributed by atoms with Gasteiger partial charge in [-0.05, 0) is 41.7 Å². The Balaban J connectivity index is 1.83. The number of benzene rings is 1. The SMILES string of the molecule is CCCOC1CCCN(c2ccc(N)c3nonc23)C1. The van der Waals surface area contributed by atoms with E-state index in [1.54, 1.807) is 0 Å². The predicted octanol–water partition coefficient (Wildman–Crippen LogP) is 2.20. The Morgan fingerprint density at radius 3 is 3.10 bits per heavy atom. The Hall–Kier alpha value is -1.82. The second-order valence-electron chi connectivity index (χ2n) is 5.22. The van der Waals surface area contributed by atoms with Crippen LogP contribution in [0.25, 0.3) is 11.0 Å². The van der Waals surface area contributed by atoms with Gasteiger partial charge in [-0.15, -0.1) is 0 Å². The molecule has 2 heterocycles. The van der Waals surface area contributed by atoms with Crippen LogP contribution in [0.3, 0.4) is 0 Å². The third kappa shape index (κ3) is 2.43. The minimum absolute atomic E-state index is 0.288.